The highest BCUT2D eigenvalue weighted by Crippen LogP contribution is 2.42. The van der Waals surface area contributed by atoms with Crippen molar-refractivity contribution < 1.29 is 4.79 Å². The Kier molecular flexibility index (Phi) is 4.20. The van der Waals surface area contributed by atoms with Crippen molar-refractivity contribution in [3.05, 3.63) is 30.4 Å². The van der Waals surface area contributed by atoms with Crippen molar-refractivity contribution in [3.63, 3.8) is 0 Å². The monoisotopic (exact) mass is 341 g/mol. The molecule has 3 heterocycles. The molecule has 1 aliphatic heterocycles. The zero-order valence-electron chi connectivity index (χ0n) is 14.4. The maximum absolute atomic E-state index is 12.1. The highest BCUT2D eigenvalue weighted by molar-refractivity contribution is 5.84. The third kappa shape index (κ3) is 3.13. The Morgan fingerprint density at radius 3 is 2.76 bits per heavy atom. The molecule has 0 bridgehead atoms. The Hall–Kier alpha value is -2.35. The highest BCUT2D eigenvalue weighted by atomic mass is 16.2. The van der Waals surface area contributed by atoms with Gasteiger partial charge in [0.1, 0.15) is 6.33 Å². The largest absolute Gasteiger partial charge is 0.356 e. The molecule has 2 aromatic heterocycles. The lowest BCUT2D eigenvalue weighted by Crippen LogP contribution is -2.42. The number of hydrogen-bond acceptors (Lipinski definition) is 6. The van der Waals surface area contributed by atoms with E-state index >= 15 is 0 Å². The summed E-state index contributed by atoms with van der Waals surface area (Å²) >= 11 is 0. The van der Waals surface area contributed by atoms with Crippen LogP contribution in [0.2, 0.25) is 0 Å². The van der Waals surface area contributed by atoms with Crippen molar-refractivity contribution >= 4 is 5.91 Å². The van der Waals surface area contributed by atoms with E-state index in [9.17, 15) is 4.79 Å². The highest BCUT2D eigenvalue weighted by Gasteiger charge is 2.44. The minimum absolute atomic E-state index is 0.0901. The van der Waals surface area contributed by atoms with E-state index in [1.807, 2.05) is 12.1 Å². The molecule has 1 amide bonds. The average molecular weight is 341 g/mol. The Bertz CT molecular complexity index is 720. The first-order chi connectivity index (χ1) is 12.2. The third-order valence-electron chi connectivity index (χ3n) is 5.63. The number of nitrogens with zero attached hydrogens (tertiary/aromatic N) is 5. The molecule has 1 aliphatic carbocycles. The average Bonchev–Trinajstić information content (AvgIpc) is 3.28. The second-order valence-corrected chi connectivity index (χ2v) is 7.14. The first-order valence-electron chi connectivity index (χ1n) is 8.90. The summed E-state index contributed by atoms with van der Waals surface area (Å²) in [6.45, 7) is 2.97. The second kappa shape index (κ2) is 6.51. The SMILES string of the molecule is C[C@@H](NC1CCC2(CCNC2=O)CC1)c1ccc(-n2cnnn2)cn1. The summed E-state index contributed by atoms with van der Waals surface area (Å²) in [7, 11) is 0. The number of rotatable bonds is 4. The van der Waals surface area contributed by atoms with Gasteiger partial charge in [-0.15, -0.1) is 5.10 Å². The van der Waals surface area contributed by atoms with Gasteiger partial charge in [-0.05, 0) is 61.6 Å². The first kappa shape index (κ1) is 16.1. The Labute approximate surface area is 146 Å². The van der Waals surface area contributed by atoms with Crippen LogP contribution in [0.25, 0.3) is 5.69 Å². The maximum atomic E-state index is 12.1. The maximum Gasteiger partial charge on any atom is 0.226 e. The quantitative estimate of drug-likeness (QED) is 0.866. The van der Waals surface area contributed by atoms with Gasteiger partial charge in [0, 0.05) is 18.6 Å². The van der Waals surface area contributed by atoms with Crippen LogP contribution in [-0.2, 0) is 4.79 Å². The van der Waals surface area contributed by atoms with Crippen LogP contribution in [0, 0.1) is 5.41 Å². The molecule has 8 heteroatoms. The fourth-order valence-electron chi connectivity index (χ4n) is 4.04. The number of pyridine rings is 1. The standard InChI is InChI=1S/C17H23N7O/c1-12(15-3-2-14(10-19-15)24-11-20-22-23-24)21-13-4-6-17(7-5-13)8-9-18-16(17)25/h2-3,10-13,21H,4-9H2,1H3,(H,18,25)/t12-,13?,17?/m1/s1. The van der Waals surface area contributed by atoms with Crippen LogP contribution < -0.4 is 10.6 Å². The van der Waals surface area contributed by atoms with E-state index in [0.717, 1.165) is 50.0 Å². The van der Waals surface area contributed by atoms with Gasteiger partial charge in [-0.1, -0.05) is 0 Å². The van der Waals surface area contributed by atoms with Gasteiger partial charge in [-0.3, -0.25) is 9.78 Å². The van der Waals surface area contributed by atoms with Crippen LogP contribution in [0.1, 0.15) is 50.8 Å². The number of aromatic nitrogens is 5. The van der Waals surface area contributed by atoms with Crippen LogP contribution in [0.5, 0.6) is 0 Å². The van der Waals surface area contributed by atoms with E-state index in [2.05, 4.69) is 38.1 Å². The van der Waals surface area contributed by atoms with E-state index in [4.69, 9.17) is 0 Å². The van der Waals surface area contributed by atoms with Gasteiger partial charge in [-0.2, -0.15) is 4.68 Å². The summed E-state index contributed by atoms with van der Waals surface area (Å²) in [4.78, 5) is 16.6. The van der Waals surface area contributed by atoms with Gasteiger partial charge in [0.25, 0.3) is 0 Å². The van der Waals surface area contributed by atoms with Crippen LogP contribution in [-0.4, -0.2) is 43.7 Å². The molecule has 2 fully saturated rings. The lowest BCUT2D eigenvalue weighted by atomic mass is 9.71. The molecular formula is C17H23N7O. The zero-order valence-corrected chi connectivity index (χ0v) is 14.4. The van der Waals surface area contributed by atoms with Crippen molar-refractivity contribution in [3.8, 4) is 5.69 Å². The summed E-state index contributed by atoms with van der Waals surface area (Å²) in [6.07, 6.45) is 8.37. The first-order valence-corrected chi connectivity index (χ1v) is 8.90. The Morgan fingerprint density at radius 2 is 2.16 bits per heavy atom. The zero-order chi connectivity index (χ0) is 17.3. The van der Waals surface area contributed by atoms with Gasteiger partial charge in [0.05, 0.1) is 23.0 Å². The van der Waals surface area contributed by atoms with Crippen molar-refractivity contribution in [2.75, 3.05) is 6.54 Å². The fraction of sp³-hybridized carbons (Fsp3) is 0.588. The number of amides is 1. The lowest BCUT2D eigenvalue weighted by molar-refractivity contribution is -0.129. The normalized spacial score (nSPS) is 27.4. The van der Waals surface area contributed by atoms with Crippen LogP contribution in [0.4, 0.5) is 0 Å². The molecule has 132 valence electrons. The number of hydrogen-bond donors (Lipinski definition) is 2. The van der Waals surface area contributed by atoms with Crippen molar-refractivity contribution in [1.29, 1.82) is 0 Å². The second-order valence-electron chi connectivity index (χ2n) is 7.14. The fourth-order valence-corrected chi connectivity index (χ4v) is 4.04. The van der Waals surface area contributed by atoms with Crippen molar-refractivity contribution in [2.24, 2.45) is 5.41 Å². The van der Waals surface area contributed by atoms with Gasteiger partial charge in [-0.25, -0.2) is 0 Å². The minimum Gasteiger partial charge on any atom is -0.356 e. The molecular weight excluding hydrogens is 318 g/mol. The minimum atomic E-state index is -0.0901. The summed E-state index contributed by atoms with van der Waals surface area (Å²) in [5.74, 6) is 0.263. The molecule has 25 heavy (non-hydrogen) atoms. The smallest absolute Gasteiger partial charge is 0.226 e. The molecule has 2 N–H and O–H groups in total. The molecule has 8 nitrogen and oxygen atoms in total. The molecule has 0 radical (unpaired) electrons. The third-order valence-corrected chi connectivity index (χ3v) is 5.63. The summed E-state index contributed by atoms with van der Waals surface area (Å²) in [6, 6.07) is 4.58. The summed E-state index contributed by atoms with van der Waals surface area (Å²) in [5.41, 5.74) is 1.75. The molecule has 4 rings (SSSR count). The van der Waals surface area contributed by atoms with Gasteiger partial charge in [0.2, 0.25) is 5.91 Å². The van der Waals surface area contributed by atoms with E-state index < -0.39 is 0 Å². The van der Waals surface area contributed by atoms with Crippen LogP contribution >= 0.6 is 0 Å². The van der Waals surface area contributed by atoms with E-state index in [1.54, 1.807) is 17.2 Å². The topological polar surface area (TPSA) is 97.6 Å². The molecule has 2 aromatic rings. The molecule has 1 saturated carbocycles. The van der Waals surface area contributed by atoms with Gasteiger partial charge in [0.15, 0.2) is 0 Å². The summed E-state index contributed by atoms with van der Waals surface area (Å²) in [5, 5.41) is 17.8. The van der Waals surface area contributed by atoms with Gasteiger partial charge < -0.3 is 10.6 Å². The Balaban J connectivity index is 1.35. The predicted molar refractivity (Wildman–Crippen MR) is 90.8 cm³/mol. The summed E-state index contributed by atoms with van der Waals surface area (Å²) < 4.78 is 1.59. The number of carbonyl (C=O) groups excluding carboxylic acids is 1. The number of carbonyl (C=O) groups is 1. The van der Waals surface area contributed by atoms with Crippen LogP contribution in [0.3, 0.4) is 0 Å². The van der Waals surface area contributed by atoms with Crippen molar-refractivity contribution in [1.82, 2.24) is 35.8 Å². The Morgan fingerprint density at radius 1 is 1.32 bits per heavy atom. The number of tetrazole rings is 1. The van der Waals surface area contributed by atoms with E-state index in [-0.39, 0.29) is 17.4 Å². The van der Waals surface area contributed by atoms with E-state index in [1.165, 1.54) is 0 Å². The molecule has 1 atom stereocenters. The van der Waals surface area contributed by atoms with Crippen LogP contribution in [0.15, 0.2) is 24.7 Å². The van der Waals surface area contributed by atoms with E-state index in [0.29, 0.717) is 6.04 Å². The molecule has 2 aliphatic rings. The van der Waals surface area contributed by atoms with Crippen molar-refractivity contribution in [2.45, 2.75) is 51.1 Å². The number of nitrogens with one attached hydrogen (secondary N) is 2. The van der Waals surface area contributed by atoms with Gasteiger partial charge >= 0.3 is 0 Å². The molecule has 1 saturated heterocycles. The molecule has 0 unspecified atom stereocenters. The lowest BCUT2D eigenvalue weighted by Gasteiger charge is -2.36. The predicted octanol–water partition coefficient (Wildman–Crippen LogP) is 1.16. The molecule has 0 aromatic carbocycles. The molecule has 1 spiro atoms.